The molecule has 1 aromatic heterocycles. The zero-order chi connectivity index (χ0) is 14.8. The molecule has 0 atom stereocenters. The summed E-state index contributed by atoms with van der Waals surface area (Å²) in [6.07, 6.45) is -1.42. The summed E-state index contributed by atoms with van der Waals surface area (Å²) < 4.78 is 40.2. The van der Waals surface area contributed by atoms with Gasteiger partial charge in [-0.1, -0.05) is 23.7 Å². The Morgan fingerprint density at radius 1 is 1.10 bits per heavy atom. The largest absolute Gasteiger partial charge is 0.417 e. The van der Waals surface area contributed by atoms with Crippen molar-refractivity contribution in [1.82, 2.24) is 0 Å². The van der Waals surface area contributed by atoms with Gasteiger partial charge >= 0.3 is 6.18 Å². The highest BCUT2D eigenvalue weighted by Gasteiger charge is 2.36. The van der Waals surface area contributed by atoms with Crippen molar-refractivity contribution in [3.8, 4) is 0 Å². The van der Waals surface area contributed by atoms with Crippen molar-refractivity contribution in [2.75, 3.05) is 0 Å². The van der Waals surface area contributed by atoms with Crippen LogP contribution in [0.3, 0.4) is 0 Å². The Balaban J connectivity index is 2.40. The van der Waals surface area contributed by atoms with Gasteiger partial charge in [-0.05, 0) is 12.1 Å². The SMILES string of the molecule is O=C(C[n+]1ccccc1)c1c(Cl)cccc1C(F)(F)F. The van der Waals surface area contributed by atoms with Gasteiger partial charge in [0.2, 0.25) is 12.3 Å². The molecular formula is C14H10ClF3NO+. The molecule has 1 heterocycles. The van der Waals surface area contributed by atoms with Gasteiger partial charge in [0.1, 0.15) is 0 Å². The molecule has 0 spiro atoms. The number of hydrogen-bond acceptors (Lipinski definition) is 1. The van der Waals surface area contributed by atoms with Gasteiger partial charge in [-0.3, -0.25) is 4.79 Å². The van der Waals surface area contributed by atoms with Gasteiger partial charge in [0, 0.05) is 12.1 Å². The lowest BCUT2D eigenvalue weighted by molar-refractivity contribution is -0.683. The summed E-state index contributed by atoms with van der Waals surface area (Å²) >= 11 is 5.77. The molecule has 0 aliphatic carbocycles. The minimum Gasteiger partial charge on any atom is -0.287 e. The van der Waals surface area contributed by atoms with E-state index in [1.54, 1.807) is 30.6 Å². The van der Waals surface area contributed by atoms with Crippen molar-refractivity contribution in [3.63, 3.8) is 0 Å². The van der Waals surface area contributed by atoms with E-state index in [2.05, 4.69) is 0 Å². The number of pyridine rings is 1. The van der Waals surface area contributed by atoms with Crippen LogP contribution in [0.4, 0.5) is 13.2 Å². The van der Waals surface area contributed by atoms with Crippen molar-refractivity contribution in [2.45, 2.75) is 12.7 Å². The lowest BCUT2D eigenvalue weighted by Crippen LogP contribution is -2.37. The number of carbonyl (C=O) groups is 1. The highest BCUT2D eigenvalue weighted by atomic mass is 35.5. The van der Waals surface area contributed by atoms with E-state index in [0.29, 0.717) is 0 Å². The lowest BCUT2D eigenvalue weighted by atomic mass is 10.0. The highest BCUT2D eigenvalue weighted by Crippen LogP contribution is 2.35. The molecule has 0 unspecified atom stereocenters. The molecule has 104 valence electrons. The summed E-state index contributed by atoms with van der Waals surface area (Å²) in [6.45, 7) is -0.201. The third-order valence-corrected chi connectivity index (χ3v) is 3.02. The fourth-order valence-corrected chi connectivity index (χ4v) is 2.11. The van der Waals surface area contributed by atoms with Crippen LogP contribution in [0.5, 0.6) is 0 Å². The van der Waals surface area contributed by atoms with Crippen LogP contribution in [0.25, 0.3) is 0 Å². The van der Waals surface area contributed by atoms with Gasteiger partial charge in [-0.2, -0.15) is 17.7 Å². The van der Waals surface area contributed by atoms with Crippen LogP contribution in [0.1, 0.15) is 15.9 Å². The van der Waals surface area contributed by atoms with Crippen molar-refractivity contribution >= 4 is 17.4 Å². The number of ketones is 1. The lowest BCUT2D eigenvalue weighted by Gasteiger charge is -2.12. The zero-order valence-corrected chi connectivity index (χ0v) is 10.9. The summed E-state index contributed by atoms with van der Waals surface area (Å²) in [5.74, 6) is -0.681. The molecule has 0 N–H and O–H groups in total. The maximum absolute atomic E-state index is 12.9. The first kappa shape index (κ1) is 14.5. The molecule has 0 amide bonds. The molecule has 0 aliphatic heterocycles. The summed E-state index contributed by atoms with van der Waals surface area (Å²) in [5.41, 5.74) is -1.50. The molecular weight excluding hydrogens is 291 g/mol. The summed E-state index contributed by atoms with van der Waals surface area (Å²) in [6, 6.07) is 8.43. The molecule has 0 aliphatic rings. The van der Waals surface area contributed by atoms with Crippen LogP contribution in [-0.2, 0) is 12.7 Å². The molecule has 6 heteroatoms. The van der Waals surface area contributed by atoms with E-state index < -0.39 is 23.1 Å². The minimum absolute atomic E-state index is 0.193. The first-order chi connectivity index (χ1) is 9.39. The van der Waals surface area contributed by atoms with E-state index in [-0.39, 0.29) is 11.6 Å². The van der Waals surface area contributed by atoms with Gasteiger partial charge in [0.15, 0.2) is 12.4 Å². The van der Waals surface area contributed by atoms with Crippen LogP contribution in [0.2, 0.25) is 5.02 Å². The van der Waals surface area contributed by atoms with Crippen molar-refractivity contribution in [2.24, 2.45) is 0 Å². The molecule has 2 rings (SSSR count). The topological polar surface area (TPSA) is 20.9 Å². The second-order valence-electron chi connectivity index (χ2n) is 4.13. The normalized spacial score (nSPS) is 11.4. The van der Waals surface area contributed by atoms with Gasteiger partial charge in [0.25, 0.3) is 0 Å². The first-order valence-corrected chi connectivity index (χ1v) is 6.10. The van der Waals surface area contributed by atoms with E-state index >= 15 is 0 Å². The Kier molecular flexibility index (Phi) is 4.09. The number of hydrogen-bond donors (Lipinski definition) is 0. The highest BCUT2D eigenvalue weighted by molar-refractivity contribution is 6.34. The number of halogens is 4. The zero-order valence-electron chi connectivity index (χ0n) is 10.2. The smallest absolute Gasteiger partial charge is 0.287 e. The quantitative estimate of drug-likeness (QED) is 0.627. The Morgan fingerprint density at radius 3 is 2.35 bits per heavy atom. The molecule has 0 fully saturated rings. The third-order valence-electron chi connectivity index (χ3n) is 2.70. The second kappa shape index (κ2) is 5.63. The Labute approximate surface area is 118 Å². The fourth-order valence-electron chi connectivity index (χ4n) is 1.83. The van der Waals surface area contributed by atoms with Gasteiger partial charge < -0.3 is 0 Å². The monoisotopic (exact) mass is 300 g/mol. The standard InChI is InChI=1S/C14H10ClF3NO/c15-11-6-4-5-10(14(16,17)18)13(11)12(20)9-19-7-2-1-3-8-19/h1-8H,9H2/q+1. The third kappa shape index (κ3) is 3.17. The average Bonchev–Trinajstić information content (AvgIpc) is 2.38. The predicted octanol–water partition coefficient (Wildman–Crippen LogP) is 3.53. The number of aromatic nitrogens is 1. The van der Waals surface area contributed by atoms with Crippen molar-refractivity contribution in [1.29, 1.82) is 0 Å². The van der Waals surface area contributed by atoms with E-state index in [4.69, 9.17) is 11.6 Å². The molecule has 0 saturated carbocycles. The number of benzene rings is 1. The van der Waals surface area contributed by atoms with E-state index in [0.717, 1.165) is 6.07 Å². The molecule has 0 radical (unpaired) electrons. The van der Waals surface area contributed by atoms with E-state index in [1.807, 2.05) is 0 Å². The van der Waals surface area contributed by atoms with Crippen LogP contribution < -0.4 is 4.57 Å². The molecule has 2 nitrogen and oxygen atoms in total. The van der Waals surface area contributed by atoms with Crippen LogP contribution >= 0.6 is 11.6 Å². The van der Waals surface area contributed by atoms with Gasteiger partial charge in [-0.15, -0.1) is 0 Å². The van der Waals surface area contributed by atoms with Crippen LogP contribution in [0.15, 0.2) is 48.8 Å². The molecule has 2 aromatic rings. The molecule has 0 saturated heterocycles. The number of Topliss-reactive ketones (excluding diaryl/α,β-unsaturated/α-hetero) is 1. The maximum atomic E-state index is 12.9. The fraction of sp³-hybridized carbons (Fsp3) is 0.143. The predicted molar refractivity (Wildman–Crippen MR) is 67.4 cm³/mol. The number of carbonyl (C=O) groups excluding carboxylic acids is 1. The average molecular weight is 301 g/mol. The van der Waals surface area contributed by atoms with E-state index in [9.17, 15) is 18.0 Å². The summed E-state index contributed by atoms with van der Waals surface area (Å²) in [4.78, 5) is 12.1. The van der Waals surface area contributed by atoms with Gasteiger partial charge in [-0.25, -0.2) is 0 Å². The number of nitrogens with zero attached hydrogens (tertiary/aromatic N) is 1. The molecule has 20 heavy (non-hydrogen) atoms. The van der Waals surface area contributed by atoms with Crippen molar-refractivity contribution < 1.29 is 22.5 Å². The Bertz CT molecular complexity index is 626. The summed E-state index contributed by atoms with van der Waals surface area (Å²) in [5, 5.41) is -0.193. The van der Waals surface area contributed by atoms with Crippen LogP contribution in [0, 0.1) is 0 Å². The van der Waals surface area contributed by atoms with Crippen LogP contribution in [-0.4, -0.2) is 5.78 Å². The second-order valence-corrected chi connectivity index (χ2v) is 4.54. The number of alkyl halides is 3. The van der Waals surface area contributed by atoms with E-state index in [1.165, 1.54) is 16.7 Å². The number of rotatable bonds is 3. The Morgan fingerprint density at radius 2 is 1.75 bits per heavy atom. The molecule has 1 aromatic carbocycles. The minimum atomic E-state index is -4.61. The first-order valence-electron chi connectivity index (χ1n) is 5.72. The van der Waals surface area contributed by atoms with Crippen molar-refractivity contribution in [3.05, 3.63) is 64.9 Å². The summed E-state index contributed by atoms with van der Waals surface area (Å²) in [7, 11) is 0. The Hall–Kier alpha value is -1.88. The van der Waals surface area contributed by atoms with Gasteiger partial charge in [0.05, 0.1) is 16.1 Å². The molecule has 0 bridgehead atoms. The maximum Gasteiger partial charge on any atom is 0.417 e.